The summed E-state index contributed by atoms with van der Waals surface area (Å²) in [6, 6.07) is 5.95. The van der Waals surface area contributed by atoms with Crippen molar-refractivity contribution in [3.05, 3.63) is 29.8 Å². The molecule has 0 fully saturated rings. The van der Waals surface area contributed by atoms with Crippen LogP contribution in [0.15, 0.2) is 29.2 Å². The lowest BCUT2D eigenvalue weighted by molar-refractivity contribution is 0.0952. The third-order valence-corrected chi connectivity index (χ3v) is 5.03. The second-order valence-corrected chi connectivity index (χ2v) is 7.59. The van der Waals surface area contributed by atoms with E-state index in [2.05, 4.69) is 10.0 Å². The van der Waals surface area contributed by atoms with Gasteiger partial charge in [0, 0.05) is 18.2 Å². The summed E-state index contributed by atoms with van der Waals surface area (Å²) in [5.41, 5.74) is 0.349. The third kappa shape index (κ3) is 6.68. The first-order chi connectivity index (χ1) is 10.8. The Hall–Kier alpha value is -1.44. The molecular formula is C16H27N3O3S. The van der Waals surface area contributed by atoms with Crippen molar-refractivity contribution in [1.82, 2.24) is 14.9 Å². The topological polar surface area (TPSA) is 78.5 Å². The zero-order valence-electron chi connectivity index (χ0n) is 14.3. The number of amides is 1. The summed E-state index contributed by atoms with van der Waals surface area (Å²) in [4.78, 5) is 14.3. The Bertz CT molecular complexity index is 615. The molecular weight excluding hydrogens is 314 g/mol. The number of benzene rings is 1. The Morgan fingerprint density at radius 2 is 2.00 bits per heavy atom. The molecule has 0 saturated heterocycles. The van der Waals surface area contributed by atoms with Gasteiger partial charge in [0.1, 0.15) is 0 Å². The van der Waals surface area contributed by atoms with Crippen LogP contribution in [-0.2, 0) is 10.0 Å². The summed E-state index contributed by atoms with van der Waals surface area (Å²) in [7, 11) is 0.345. The molecule has 0 radical (unpaired) electrons. The highest BCUT2D eigenvalue weighted by Gasteiger charge is 2.18. The Morgan fingerprint density at radius 3 is 2.61 bits per heavy atom. The van der Waals surface area contributed by atoms with Crippen LogP contribution in [-0.4, -0.2) is 52.5 Å². The lowest BCUT2D eigenvalue weighted by Gasteiger charge is -2.13. The minimum absolute atomic E-state index is 0.110. The molecule has 1 atom stereocenters. The van der Waals surface area contributed by atoms with Crippen molar-refractivity contribution in [2.45, 2.75) is 37.6 Å². The van der Waals surface area contributed by atoms with E-state index in [0.717, 1.165) is 13.0 Å². The standard InChI is InChI=1S/C16H27N3O3S/c1-5-13(2)18-23(21,22)15-9-6-8-14(12-15)16(20)17-10-7-11-19(3)4/h6,8-9,12-13,18H,5,7,10-11H2,1-4H3,(H,17,20). The van der Waals surface area contributed by atoms with Gasteiger partial charge in [0.05, 0.1) is 4.90 Å². The molecule has 1 aromatic carbocycles. The molecule has 23 heavy (non-hydrogen) atoms. The maximum Gasteiger partial charge on any atom is 0.251 e. The van der Waals surface area contributed by atoms with Crippen LogP contribution in [0.4, 0.5) is 0 Å². The average Bonchev–Trinajstić information content (AvgIpc) is 2.50. The maximum atomic E-state index is 12.3. The number of nitrogens with one attached hydrogen (secondary N) is 2. The van der Waals surface area contributed by atoms with Crippen molar-refractivity contribution < 1.29 is 13.2 Å². The van der Waals surface area contributed by atoms with Crippen LogP contribution in [0.2, 0.25) is 0 Å². The summed E-state index contributed by atoms with van der Waals surface area (Å²) in [6.07, 6.45) is 1.54. The van der Waals surface area contributed by atoms with Crippen LogP contribution in [0.3, 0.4) is 0 Å². The molecule has 0 aliphatic heterocycles. The lowest BCUT2D eigenvalue weighted by Crippen LogP contribution is -2.32. The van der Waals surface area contributed by atoms with Gasteiger partial charge in [0.15, 0.2) is 0 Å². The lowest BCUT2D eigenvalue weighted by atomic mass is 10.2. The first kappa shape index (κ1) is 19.6. The van der Waals surface area contributed by atoms with Crippen LogP contribution in [0, 0.1) is 0 Å². The van der Waals surface area contributed by atoms with Crippen LogP contribution in [0.25, 0.3) is 0 Å². The molecule has 130 valence electrons. The minimum atomic E-state index is -3.60. The second-order valence-electron chi connectivity index (χ2n) is 5.87. The predicted octanol–water partition coefficient (Wildman–Crippen LogP) is 1.44. The molecule has 0 saturated carbocycles. The quantitative estimate of drug-likeness (QED) is 0.666. The van der Waals surface area contributed by atoms with Crippen molar-refractivity contribution in [2.75, 3.05) is 27.2 Å². The van der Waals surface area contributed by atoms with E-state index >= 15 is 0 Å². The minimum Gasteiger partial charge on any atom is -0.352 e. The van der Waals surface area contributed by atoms with Crippen LogP contribution < -0.4 is 10.0 Å². The van der Waals surface area contributed by atoms with E-state index in [0.29, 0.717) is 18.5 Å². The fourth-order valence-corrected chi connectivity index (χ4v) is 3.29. The van der Waals surface area contributed by atoms with Crippen molar-refractivity contribution in [2.24, 2.45) is 0 Å². The van der Waals surface area contributed by atoms with E-state index in [1.165, 1.54) is 12.1 Å². The second kappa shape index (κ2) is 9.00. The van der Waals surface area contributed by atoms with E-state index in [1.807, 2.05) is 25.9 Å². The Balaban J connectivity index is 2.74. The summed E-state index contributed by atoms with van der Waals surface area (Å²) in [6.45, 7) is 5.15. The summed E-state index contributed by atoms with van der Waals surface area (Å²) >= 11 is 0. The predicted molar refractivity (Wildman–Crippen MR) is 92.0 cm³/mol. The van der Waals surface area contributed by atoms with E-state index < -0.39 is 10.0 Å². The van der Waals surface area contributed by atoms with Gasteiger partial charge >= 0.3 is 0 Å². The molecule has 7 heteroatoms. The zero-order chi connectivity index (χ0) is 17.5. The van der Waals surface area contributed by atoms with Gasteiger partial charge in [-0.15, -0.1) is 0 Å². The van der Waals surface area contributed by atoms with Crippen LogP contribution in [0.5, 0.6) is 0 Å². The molecule has 0 aliphatic carbocycles. The van der Waals surface area contributed by atoms with E-state index in [4.69, 9.17) is 0 Å². The van der Waals surface area contributed by atoms with Gasteiger partial charge in [0.25, 0.3) is 5.91 Å². The maximum absolute atomic E-state index is 12.3. The van der Waals surface area contributed by atoms with Crippen LogP contribution in [0.1, 0.15) is 37.0 Å². The van der Waals surface area contributed by atoms with Crippen molar-refractivity contribution in [1.29, 1.82) is 0 Å². The van der Waals surface area contributed by atoms with Gasteiger partial charge in [-0.25, -0.2) is 13.1 Å². The third-order valence-electron chi connectivity index (χ3n) is 3.44. The molecule has 6 nitrogen and oxygen atoms in total. The number of nitrogens with zero attached hydrogens (tertiary/aromatic N) is 1. The molecule has 1 aromatic rings. The number of sulfonamides is 1. The van der Waals surface area contributed by atoms with E-state index in [9.17, 15) is 13.2 Å². The Kier molecular flexibility index (Phi) is 7.67. The van der Waals surface area contributed by atoms with Crippen LogP contribution >= 0.6 is 0 Å². The normalized spacial score (nSPS) is 13.1. The SMILES string of the molecule is CCC(C)NS(=O)(=O)c1cccc(C(=O)NCCCN(C)C)c1. The fraction of sp³-hybridized carbons (Fsp3) is 0.562. The molecule has 2 N–H and O–H groups in total. The summed E-state index contributed by atoms with van der Waals surface area (Å²) < 4.78 is 27.1. The molecule has 0 spiro atoms. The van der Waals surface area contributed by atoms with Gasteiger partial charge in [-0.2, -0.15) is 0 Å². The number of carbonyl (C=O) groups excluding carboxylic acids is 1. The molecule has 0 aliphatic rings. The van der Waals surface area contributed by atoms with Gasteiger partial charge in [0.2, 0.25) is 10.0 Å². The van der Waals surface area contributed by atoms with Crippen molar-refractivity contribution in [3.63, 3.8) is 0 Å². The fourth-order valence-electron chi connectivity index (χ4n) is 1.92. The largest absolute Gasteiger partial charge is 0.352 e. The number of rotatable bonds is 9. The Morgan fingerprint density at radius 1 is 1.30 bits per heavy atom. The van der Waals surface area contributed by atoms with Gasteiger partial charge < -0.3 is 10.2 Å². The van der Waals surface area contributed by atoms with Gasteiger partial charge in [-0.05, 0) is 58.6 Å². The first-order valence-electron chi connectivity index (χ1n) is 7.81. The highest BCUT2D eigenvalue weighted by atomic mass is 32.2. The van der Waals surface area contributed by atoms with E-state index in [-0.39, 0.29) is 16.8 Å². The first-order valence-corrected chi connectivity index (χ1v) is 9.30. The summed E-state index contributed by atoms with van der Waals surface area (Å²) in [5, 5.41) is 2.80. The number of hydrogen-bond donors (Lipinski definition) is 2. The number of hydrogen-bond acceptors (Lipinski definition) is 4. The average molecular weight is 341 g/mol. The highest BCUT2D eigenvalue weighted by molar-refractivity contribution is 7.89. The monoisotopic (exact) mass is 341 g/mol. The van der Waals surface area contributed by atoms with Gasteiger partial charge in [-0.1, -0.05) is 13.0 Å². The van der Waals surface area contributed by atoms with E-state index in [1.54, 1.807) is 19.1 Å². The zero-order valence-corrected chi connectivity index (χ0v) is 15.1. The molecule has 1 unspecified atom stereocenters. The van der Waals surface area contributed by atoms with Gasteiger partial charge in [-0.3, -0.25) is 4.79 Å². The number of carbonyl (C=O) groups is 1. The smallest absolute Gasteiger partial charge is 0.251 e. The highest BCUT2D eigenvalue weighted by Crippen LogP contribution is 2.12. The van der Waals surface area contributed by atoms with Crippen molar-refractivity contribution >= 4 is 15.9 Å². The summed E-state index contributed by atoms with van der Waals surface area (Å²) in [5.74, 6) is -0.260. The molecule has 1 rings (SSSR count). The molecule has 0 heterocycles. The molecule has 0 aromatic heterocycles. The van der Waals surface area contributed by atoms with Crippen molar-refractivity contribution in [3.8, 4) is 0 Å². The Labute approximate surface area is 139 Å². The molecule has 1 amide bonds. The molecule has 0 bridgehead atoms.